The van der Waals surface area contributed by atoms with Gasteiger partial charge in [-0.1, -0.05) is 12.1 Å². The minimum atomic E-state index is -0.247. The lowest BCUT2D eigenvalue weighted by Crippen LogP contribution is -2.13. The molecule has 7 heteroatoms. The maximum Gasteiger partial charge on any atom is 0.261 e. The molecule has 0 aliphatic heterocycles. The van der Waals surface area contributed by atoms with Crippen LogP contribution in [0, 0.1) is 13.5 Å². The van der Waals surface area contributed by atoms with Gasteiger partial charge in [0.05, 0.1) is 35.5 Å². The van der Waals surface area contributed by atoms with Crippen LogP contribution >= 0.6 is 0 Å². The summed E-state index contributed by atoms with van der Waals surface area (Å²) >= 11 is 0. The maximum atomic E-state index is 12.5. The standard InChI is InChI=1S/C20H16N6O/c1-12-9-14(21-2)10-16-18(12)26-19(25-16)17-15(6-8-23-20(17)27)24-11-13-5-3-4-7-22-13/h3-10H,11H2,1H3,(H,25,26)(H2,23,24,27). The van der Waals surface area contributed by atoms with E-state index >= 15 is 0 Å². The largest absolute Gasteiger partial charge is 0.379 e. The van der Waals surface area contributed by atoms with Gasteiger partial charge in [-0.3, -0.25) is 9.78 Å². The number of H-pyrrole nitrogens is 2. The highest BCUT2D eigenvalue weighted by molar-refractivity contribution is 5.87. The molecule has 27 heavy (non-hydrogen) atoms. The van der Waals surface area contributed by atoms with Crippen LogP contribution in [0.15, 0.2) is 53.6 Å². The molecule has 0 spiro atoms. The molecule has 4 rings (SSSR count). The molecule has 0 unspecified atom stereocenters. The van der Waals surface area contributed by atoms with Crippen molar-refractivity contribution in [3.05, 3.63) is 81.8 Å². The van der Waals surface area contributed by atoms with Gasteiger partial charge in [0.1, 0.15) is 11.4 Å². The summed E-state index contributed by atoms with van der Waals surface area (Å²) in [7, 11) is 0. The number of hydrogen-bond acceptors (Lipinski definition) is 4. The number of rotatable bonds is 4. The maximum absolute atomic E-state index is 12.5. The monoisotopic (exact) mass is 356 g/mol. The van der Waals surface area contributed by atoms with Crippen LogP contribution in [0.2, 0.25) is 0 Å². The van der Waals surface area contributed by atoms with Gasteiger partial charge < -0.3 is 15.3 Å². The number of anilines is 1. The Morgan fingerprint density at radius 2 is 2.15 bits per heavy atom. The minimum Gasteiger partial charge on any atom is -0.379 e. The number of nitrogens with zero attached hydrogens (tertiary/aromatic N) is 3. The Balaban J connectivity index is 1.77. The molecule has 3 heterocycles. The van der Waals surface area contributed by atoms with Crippen LogP contribution in [0.1, 0.15) is 11.3 Å². The fourth-order valence-corrected chi connectivity index (χ4v) is 3.00. The average molecular weight is 356 g/mol. The summed E-state index contributed by atoms with van der Waals surface area (Å²) in [5, 5.41) is 3.26. The van der Waals surface area contributed by atoms with Crippen molar-refractivity contribution in [2.75, 3.05) is 5.32 Å². The molecular formula is C20H16N6O. The molecule has 3 N–H and O–H groups in total. The third-order valence-electron chi connectivity index (χ3n) is 4.27. The molecule has 0 bridgehead atoms. The van der Waals surface area contributed by atoms with Crippen molar-refractivity contribution >= 4 is 22.4 Å². The number of imidazole rings is 1. The van der Waals surface area contributed by atoms with Gasteiger partial charge in [-0.25, -0.2) is 9.83 Å². The van der Waals surface area contributed by atoms with E-state index < -0.39 is 0 Å². The van der Waals surface area contributed by atoms with E-state index in [1.807, 2.05) is 25.1 Å². The number of aromatic amines is 2. The van der Waals surface area contributed by atoms with Gasteiger partial charge in [-0.15, -0.1) is 0 Å². The summed E-state index contributed by atoms with van der Waals surface area (Å²) in [6, 6.07) is 11.0. The molecule has 0 atom stereocenters. The van der Waals surface area contributed by atoms with E-state index in [-0.39, 0.29) is 5.56 Å². The number of aromatic nitrogens is 4. The molecule has 0 aliphatic carbocycles. The summed E-state index contributed by atoms with van der Waals surface area (Å²) < 4.78 is 0. The van der Waals surface area contributed by atoms with Crippen molar-refractivity contribution < 1.29 is 0 Å². The quantitative estimate of drug-likeness (QED) is 0.485. The summed E-state index contributed by atoms with van der Waals surface area (Å²) in [5.41, 5.74) is 4.60. The second kappa shape index (κ2) is 6.77. The van der Waals surface area contributed by atoms with Crippen LogP contribution in [0.5, 0.6) is 0 Å². The second-order valence-corrected chi connectivity index (χ2v) is 6.13. The van der Waals surface area contributed by atoms with E-state index in [0.717, 1.165) is 22.3 Å². The van der Waals surface area contributed by atoms with E-state index in [4.69, 9.17) is 6.57 Å². The molecule has 4 aromatic rings. The van der Waals surface area contributed by atoms with Gasteiger partial charge in [0.2, 0.25) is 0 Å². The highest BCUT2D eigenvalue weighted by Crippen LogP contribution is 2.28. The molecule has 3 aromatic heterocycles. The molecule has 0 radical (unpaired) electrons. The predicted molar refractivity (Wildman–Crippen MR) is 105 cm³/mol. The zero-order valence-electron chi connectivity index (χ0n) is 14.6. The van der Waals surface area contributed by atoms with E-state index in [1.165, 1.54) is 0 Å². The predicted octanol–water partition coefficient (Wildman–Crippen LogP) is 3.78. The Kier molecular flexibility index (Phi) is 4.15. The fraction of sp³-hybridized carbons (Fsp3) is 0.100. The molecule has 0 saturated carbocycles. The smallest absolute Gasteiger partial charge is 0.261 e. The van der Waals surface area contributed by atoms with Gasteiger partial charge in [0, 0.05) is 12.4 Å². The number of hydrogen-bond donors (Lipinski definition) is 3. The summed E-state index contributed by atoms with van der Waals surface area (Å²) in [5.74, 6) is 0.459. The van der Waals surface area contributed by atoms with Crippen LogP contribution in [-0.2, 0) is 6.54 Å². The molecular weight excluding hydrogens is 340 g/mol. The first-order valence-corrected chi connectivity index (χ1v) is 8.39. The Morgan fingerprint density at radius 3 is 2.93 bits per heavy atom. The van der Waals surface area contributed by atoms with Gasteiger partial charge in [-0.05, 0) is 36.8 Å². The highest BCUT2D eigenvalue weighted by Gasteiger charge is 2.15. The number of benzene rings is 1. The molecule has 0 saturated heterocycles. The van der Waals surface area contributed by atoms with Crippen molar-refractivity contribution in [2.45, 2.75) is 13.5 Å². The minimum absolute atomic E-state index is 0.247. The SMILES string of the molecule is [C-]#[N+]c1cc(C)c2nc(-c3c(NCc4ccccn4)cc[nH]c3=O)[nH]c2c1. The number of pyridine rings is 2. The van der Waals surface area contributed by atoms with Crippen LogP contribution in [0.25, 0.3) is 27.3 Å². The molecule has 0 fully saturated rings. The zero-order chi connectivity index (χ0) is 18.8. The van der Waals surface area contributed by atoms with Crippen LogP contribution in [-0.4, -0.2) is 19.9 Å². The molecule has 0 aliphatic rings. The zero-order valence-corrected chi connectivity index (χ0v) is 14.6. The Labute approximate surface area is 155 Å². The molecule has 0 amide bonds. The van der Waals surface area contributed by atoms with Crippen molar-refractivity contribution in [2.24, 2.45) is 0 Å². The fourth-order valence-electron chi connectivity index (χ4n) is 3.00. The lowest BCUT2D eigenvalue weighted by atomic mass is 10.2. The summed E-state index contributed by atoms with van der Waals surface area (Å²) in [6.45, 7) is 9.60. The Bertz CT molecular complexity index is 1220. The second-order valence-electron chi connectivity index (χ2n) is 6.13. The van der Waals surface area contributed by atoms with Crippen molar-refractivity contribution in [3.8, 4) is 11.4 Å². The number of fused-ring (bicyclic) bond motifs is 1. The lowest BCUT2D eigenvalue weighted by Gasteiger charge is -2.09. The third kappa shape index (κ3) is 3.16. The average Bonchev–Trinajstić information content (AvgIpc) is 3.11. The summed E-state index contributed by atoms with van der Waals surface area (Å²) in [4.78, 5) is 30.8. The molecule has 7 nitrogen and oxygen atoms in total. The Hall–Kier alpha value is -3.92. The van der Waals surface area contributed by atoms with Crippen molar-refractivity contribution in [3.63, 3.8) is 0 Å². The van der Waals surface area contributed by atoms with E-state index in [1.54, 1.807) is 30.6 Å². The topological polar surface area (TPSA) is 90.8 Å². The first kappa shape index (κ1) is 16.5. The third-order valence-corrected chi connectivity index (χ3v) is 4.27. The van der Waals surface area contributed by atoms with Crippen LogP contribution < -0.4 is 10.9 Å². The van der Waals surface area contributed by atoms with Crippen LogP contribution in [0.4, 0.5) is 11.4 Å². The van der Waals surface area contributed by atoms with Gasteiger partial charge >= 0.3 is 0 Å². The lowest BCUT2D eigenvalue weighted by molar-refractivity contribution is 1.04. The van der Waals surface area contributed by atoms with Gasteiger partial charge in [0.25, 0.3) is 5.56 Å². The number of nitrogens with one attached hydrogen (secondary N) is 3. The van der Waals surface area contributed by atoms with Crippen LogP contribution in [0.3, 0.4) is 0 Å². The molecule has 1 aromatic carbocycles. The summed E-state index contributed by atoms with van der Waals surface area (Å²) in [6.07, 6.45) is 3.32. The van der Waals surface area contributed by atoms with E-state index in [2.05, 4.69) is 30.1 Å². The van der Waals surface area contributed by atoms with E-state index in [9.17, 15) is 4.79 Å². The van der Waals surface area contributed by atoms with Gasteiger partial charge in [0.15, 0.2) is 5.69 Å². The first-order valence-electron chi connectivity index (χ1n) is 8.39. The van der Waals surface area contributed by atoms with Gasteiger partial charge in [-0.2, -0.15) is 0 Å². The van der Waals surface area contributed by atoms with Crippen molar-refractivity contribution in [1.82, 2.24) is 19.9 Å². The first-order chi connectivity index (χ1) is 13.2. The molecule has 132 valence electrons. The van der Waals surface area contributed by atoms with Crippen molar-refractivity contribution in [1.29, 1.82) is 0 Å². The number of aryl methyl sites for hydroxylation is 1. The Morgan fingerprint density at radius 1 is 1.26 bits per heavy atom. The highest BCUT2D eigenvalue weighted by atomic mass is 16.1. The normalized spacial score (nSPS) is 10.7. The van der Waals surface area contributed by atoms with E-state index in [0.29, 0.717) is 29.3 Å².